The number of aromatic nitrogens is 1. The Morgan fingerprint density at radius 3 is 2.46 bits per heavy atom. The molecule has 0 spiro atoms. The van der Waals surface area contributed by atoms with Gasteiger partial charge in [0, 0.05) is 17.5 Å². The molecule has 0 radical (unpaired) electrons. The van der Waals surface area contributed by atoms with E-state index in [0.717, 1.165) is 22.8 Å². The maximum absolute atomic E-state index is 5.47. The molecule has 0 aromatic carbocycles. The van der Waals surface area contributed by atoms with Gasteiger partial charge in [-0.15, -0.1) is 0 Å². The highest BCUT2D eigenvalue weighted by Crippen LogP contribution is 2.20. The molecule has 0 amide bonds. The van der Waals surface area contributed by atoms with Gasteiger partial charge in [0.2, 0.25) is 0 Å². The average Bonchev–Trinajstić information content (AvgIpc) is 2.53. The van der Waals surface area contributed by atoms with Gasteiger partial charge in [0.05, 0.1) is 0 Å². The number of pyridine rings is 1. The van der Waals surface area contributed by atoms with Crippen LogP contribution in [0.4, 0.5) is 0 Å². The number of nitrogens with zero attached hydrogens (tertiary/aromatic N) is 1. The Morgan fingerprint density at radius 1 is 1.08 bits per heavy atom. The van der Waals surface area contributed by atoms with Crippen molar-refractivity contribution in [3.63, 3.8) is 0 Å². The molecule has 0 aliphatic carbocycles. The standard InChI is InChI=1S/C11H11NO/c1-8-3-5-10(7-12-8)11-6-4-9(2)13-11/h3-7H,1-2H3. The van der Waals surface area contributed by atoms with Crippen molar-refractivity contribution in [3.8, 4) is 11.3 Å². The summed E-state index contributed by atoms with van der Waals surface area (Å²) in [5.74, 6) is 1.81. The van der Waals surface area contributed by atoms with Gasteiger partial charge in [-0.1, -0.05) is 0 Å². The minimum absolute atomic E-state index is 0.880. The van der Waals surface area contributed by atoms with Crippen molar-refractivity contribution in [1.29, 1.82) is 0 Å². The Morgan fingerprint density at radius 2 is 1.92 bits per heavy atom. The fourth-order valence-electron chi connectivity index (χ4n) is 1.20. The van der Waals surface area contributed by atoms with Crippen LogP contribution >= 0.6 is 0 Å². The number of hydrogen-bond donors (Lipinski definition) is 0. The summed E-state index contributed by atoms with van der Waals surface area (Å²) in [5, 5.41) is 0. The van der Waals surface area contributed by atoms with E-state index >= 15 is 0 Å². The summed E-state index contributed by atoms with van der Waals surface area (Å²) in [6.45, 7) is 3.91. The second-order valence-corrected chi connectivity index (χ2v) is 3.10. The molecule has 2 aromatic rings. The largest absolute Gasteiger partial charge is 0.461 e. The van der Waals surface area contributed by atoms with Gasteiger partial charge in [-0.05, 0) is 38.1 Å². The Hall–Kier alpha value is -1.57. The van der Waals surface area contributed by atoms with Crippen LogP contribution in [-0.4, -0.2) is 4.98 Å². The molecular formula is C11H11NO. The van der Waals surface area contributed by atoms with Gasteiger partial charge < -0.3 is 4.42 Å². The van der Waals surface area contributed by atoms with Gasteiger partial charge in [-0.3, -0.25) is 4.98 Å². The number of aryl methyl sites for hydroxylation is 2. The molecule has 2 nitrogen and oxygen atoms in total. The molecule has 0 unspecified atom stereocenters. The molecule has 2 aromatic heterocycles. The SMILES string of the molecule is Cc1ccc(-c2ccc(C)o2)cn1. The molecule has 0 saturated heterocycles. The van der Waals surface area contributed by atoms with Crippen LogP contribution in [0.2, 0.25) is 0 Å². The molecule has 0 atom stereocenters. The second-order valence-electron chi connectivity index (χ2n) is 3.10. The Bertz CT molecular complexity index is 400. The van der Waals surface area contributed by atoms with Crippen molar-refractivity contribution in [2.75, 3.05) is 0 Å². The zero-order chi connectivity index (χ0) is 9.26. The molecule has 0 aliphatic heterocycles. The van der Waals surface area contributed by atoms with E-state index in [9.17, 15) is 0 Å². The van der Waals surface area contributed by atoms with Crippen LogP contribution in [-0.2, 0) is 0 Å². The van der Waals surface area contributed by atoms with E-state index in [1.807, 2.05) is 44.3 Å². The lowest BCUT2D eigenvalue weighted by Crippen LogP contribution is -1.80. The van der Waals surface area contributed by atoms with Gasteiger partial charge in [0.1, 0.15) is 11.5 Å². The van der Waals surface area contributed by atoms with Crippen molar-refractivity contribution in [3.05, 3.63) is 41.9 Å². The van der Waals surface area contributed by atoms with E-state index < -0.39 is 0 Å². The minimum atomic E-state index is 0.880. The predicted molar refractivity (Wildman–Crippen MR) is 51.4 cm³/mol. The van der Waals surface area contributed by atoms with Crippen LogP contribution in [0.3, 0.4) is 0 Å². The molecule has 13 heavy (non-hydrogen) atoms. The highest BCUT2D eigenvalue weighted by molar-refractivity contribution is 5.56. The summed E-state index contributed by atoms with van der Waals surface area (Å²) in [6, 6.07) is 7.91. The molecule has 0 saturated carbocycles. The van der Waals surface area contributed by atoms with Crippen molar-refractivity contribution in [2.24, 2.45) is 0 Å². The van der Waals surface area contributed by atoms with Crippen LogP contribution in [0.25, 0.3) is 11.3 Å². The van der Waals surface area contributed by atoms with Gasteiger partial charge in [0.25, 0.3) is 0 Å². The first-order chi connectivity index (χ1) is 6.25. The third-order valence-electron chi connectivity index (χ3n) is 1.94. The molecule has 0 bridgehead atoms. The van der Waals surface area contributed by atoms with Gasteiger partial charge in [0.15, 0.2) is 0 Å². The summed E-state index contributed by atoms with van der Waals surface area (Å²) in [7, 11) is 0. The number of furan rings is 1. The highest BCUT2D eigenvalue weighted by atomic mass is 16.3. The third kappa shape index (κ3) is 1.61. The minimum Gasteiger partial charge on any atom is -0.461 e. The molecule has 0 N–H and O–H groups in total. The van der Waals surface area contributed by atoms with E-state index in [4.69, 9.17) is 4.42 Å². The highest BCUT2D eigenvalue weighted by Gasteiger charge is 2.01. The van der Waals surface area contributed by atoms with E-state index in [2.05, 4.69) is 4.98 Å². The lowest BCUT2D eigenvalue weighted by Gasteiger charge is -1.96. The summed E-state index contributed by atoms with van der Waals surface area (Å²) >= 11 is 0. The van der Waals surface area contributed by atoms with Crippen LogP contribution in [0.15, 0.2) is 34.9 Å². The van der Waals surface area contributed by atoms with E-state index in [1.54, 1.807) is 0 Å². The topological polar surface area (TPSA) is 26.0 Å². The molecule has 0 fully saturated rings. The Labute approximate surface area is 77.2 Å². The molecule has 2 rings (SSSR count). The van der Waals surface area contributed by atoms with Crippen molar-refractivity contribution in [1.82, 2.24) is 4.98 Å². The molecule has 0 aliphatic rings. The van der Waals surface area contributed by atoms with E-state index in [1.165, 1.54) is 0 Å². The summed E-state index contributed by atoms with van der Waals surface area (Å²) in [6.07, 6.45) is 1.83. The maximum Gasteiger partial charge on any atom is 0.135 e. The van der Waals surface area contributed by atoms with Crippen LogP contribution in [0.1, 0.15) is 11.5 Å². The summed E-state index contributed by atoms with van der Waals surface area (Å²) in [4.78, 5) is 4.20. The zero-order valence-electron chi connectivity index (χ0n) is 7.74. The first-order valence-corrected chi connectivity index (χ1v) is 4.25. The predicted octanol–water partition coefficient (Wildman–Crippen LogP) is 2.96. The van der Waals surface area contributed by atoms with Gasteiger partial charge in [-0.25, -0.2) is 0 Å². The Kier molecular flexibility index (Phi) is 1.89. The lowest BCUT2D eigenvalue weighted by atomic mass is 10.2. The lowest BCUT2D eigenvalue weighted by molar-refractivity contribution is 0.548. The quantitative estimate of drug-likeness (QED) is 0.662. The second kappa shape index (κ2) is 3.05. The zero-order valence-corrected chi connectivity index (χ0v) is 7.74. The molecular weight excluding hydrogens is 162 g/mol. The fraction of sp³-hybridized carbons (Fsp3) is 0.182. The van der Waals surface area contributed by atoms with Gasteiger partial charge in [-0.2, -0.15) is 0 Å². The molecule has 2 heterocycles. The first-order valence-electron chi connectivity index (χ1n) is 4.25. The van der Waals surface area contributed by atoms with Crippen LogP contribution in [0, 0.1) is 13.8 Å². The van der Waals surface area contributed by atoms with Crippen LogP contribution < -0.4 is 0 Å². The van der Waals surface area contributed by atoms with E-state index in [-0.39, 0.29) is 0 Å². The van der Waals surface area contributed by atoms with E-state index in [0.29, 0.717) is 0 Å². The first kappa shape index (κ1) is 8.05. The molecule has 2 heteroatoms. The smallest absolute Gasteiger partial charge is 0.135 e. The summed E-state index contributed by atoms with van der Waals surface area (Å²) in [5.41, 5.74) is 2.05. The molecule has 66 valence electrons. The van der Waals surface area contributed by atoms with Crippen molar-refractivity contribution in [2.45, 2.75) is 13.8 Å². The third-order valence-corrected chi connectivity index (χ3v) is 1.94. The number of rotatable bonds is 1. The van der Waals surface area contributed by atoms with Gasteiger partial charge >= 0.3 is 0 Å². The average molecular weight is 173 g/mol. The normalized spacial score (nSPS) is 10.3. The summed E-state index contributed by atoms with van der Waals surface area (Å²) < 4.78 is 5.47. The van der Waals surface area contributed by atoms with Crippen molar-refractivity contribution < 1.29 is 4.42 Å². The van der Waals surface area contributed by atoms with Crippen molar-refractivity contribution >= 4 is 0 Å². The maximum atomic E-state index is 5.47. The fourth-order valence-corrected chi connectivity index (χ4v) is 1.20. The van der Waals surface area contributed by atoms with Crippen LogP contribution in [0.5, 0.6) is 0 Å². The Balaban J connectivity index is 2.41. The monoisotopic (exact) mass is 173 g/mol. The number of hydrogen-bond acceptors (Lipinski definition) is 2.